The topological polar surface area (TPSA) is 39.3 Å². The van der Waals surface area contributed by atoms with Gasteiger partial charge in [0, 0.05) is 39.3 Å². The predicted molar refractivity (Wildman–Crippen MR) is 149 cm³/mol. The smallest absolute Gasteiger partial charge is 0.254 e. The Morgan fingerprint density at radius 3 is 2.42 bits per heavy atom. The Hall–Kier alpha value is -3.08. The number of hydrogen-bond donors (Lipinski definition) is 1. The predicted octanol–water partition coefficient (Wildman–Crippen LogP) is 7.21. The summed E-state index contributed by atoms with van der Waals surface area (Å²) in [6, 6.07) is 26.5. The van der Waals surface area contributed by atoms with Crippen LogP contribution in [0.1, 0.15) is 59.4 Å². The molecule has 0 aliphatic carbocycles. The van der Waals surface area contributed by atoms with Gasteiger partial charge in [0.05, 0.1) is 6.04 Å². The lowest BCUT2D eigenvalue weighted by Gasteiger charge is -2.43. The van der Waals surface area contributed by atoms with Crippen molar-refractivity contribution in [3.63, 3.8) is 0 Å². The number of H-pyrrole nitrogens is 1. The Balaban J connectivity index is 1.55. The molecule has 0 radical (unpaired) electrons. The largest absolute Gasteiger partial charge is 0.356 e. The molecule has 0 saturated heterocycles. The van der Waals surface area contributed by atoms with E-state index in [0.717, 1.165) is 31.2 Å². The van der Waals surface area contributed by atoms with Gasteiger partial charge in [-0.05, 0) is 81.2 Å². The number of benzene rings is 3. The van der Waals surface area contributed by atoms with Gasteiger partial charge in [-0.2, -0.15) is 0 Å². The number of amides is 1. The van der Waals surface area contributed by atoms with E-state index in [1.54, 1.807) is 12.1 Å². The van der Waals surface area contributed by atoms with Gasteiger partial charge >= 0.3 is 0 Å². The Bertz CT molecular complexity index is 1350. The number of aromatic nitrogens is 1. The van der Waals surface area contributed by atoms with Crippen molar-refractivity contribution in [2.75, 3.05) is 20.6 Å². The molecule has 0 saturated carbocycles. The van der Waals surface area contributed by atoms with Crippen molar-refractivity contribution in [1.82, 2.24) is 14.8 Å². The molecule has 1 N–H and O–H groups in total. The van der Waals surface area contributed by atoms with Crippen LogP contribution in [0.2, 0.25) is 5.02 Å². The van der Waals surface area contributed by atoms with Gasteiger partial charge in [-0.1, -0.05) is 67.1 Å². The summed E-state index contributed by atoms with van der Waals surface area (Å²) in [7, 11) is 4.34. The van der Waals surface area contributed by atoms with Gasteiger partial charge in [-0.15, -0.1) is 0 Å². The molecule has 2 heterocycles. The minimum atomic E-state index is -0.111. The normalized spacial score (nSPS) is 17.2. The minimum absolute atomic E-state index is 0.0288. The van der Waals surface area contributed by atoms with Gasteiger partial charge in [-0.3, -0.25) is 9.69 Å². The van der Waals surface area contributed by atoms with Crippen LogP contribution in [0.15, 0.2) is 78.9 Å². The molecule has 0 bridgehead atoms. The summed E-state index contributed by atoms with van der Waals surface area (Å²) in [5.41, 5.74) is 5.57. The Labute approximate surface area is 218 Å². The van der Waals surface area contributed by atoms with Crippen LogP contribution in [-0.2, 0) is 12.0 Å². The fourth-order valence-electron chi connectivity index (χ4n) is 6.07. The number of nitrogens with zero attached hydrogens (tertiary/aromatic N) is 2. The zero-order valence-electron chi connectivity index (χ0n) is 21.3. The molecule has 3 aromatic carbocycles. The first-order chi connectivity index (χ1) is 17.4. The lowest BCUT2D eigenvalue weighted by atomic mass is 9.79. The Morgan fingerprint density at radius 2 is 1.72 bits per heavy atom. The van der Waals surface area contributed by atoms with Crippen molar-refractivity contribution >= 4 is 28.4 Å². The van der Waals surface area contributed by atoms with Crippen LogP contribution in [0, 0.1) is 0 Å². The summed E-state index contributed by atoms with van der Waals surface area (Å²) in [5, 5.41) is 1.91. The van der Waals surface area contributed by atoms with Crippen molar-refractivity contribution < 1.29 is 4.79 Å². The standard InChI is InChI=1S/C31H34ClN3O/c1-4-31(34(2)3,23-10-6-5-7-11-23)20-18-28-29-26(25-12-8-9-13-27(25)33-29)19-21-35(28)30(36)22-14-16-24(32)17-15-22/h5-17,28,33H,4,18-21H2,1-3H3. The number of aromatic amines is 1. The fraction of sp³-hybridized carbons (Fsp3) is 0.323. The summed E-state index contributed by atoms with van der Waals surface area (Å²) < 4.78 is 0. The summed E-state index contributed by atoms with van der Waals surface area (Å²) in [6.07, 6.45) is 3.63. The van der Waals surface area contributed by atoms with Gasteiger partial charge in [0.1, 0.15) is 0 Å². The second-order valence-corrected chi connectivity index (χ2v) is 10.5. The molecule has 4 aromatic rings. The van der Waals surface area contributed by atoms with Crippen molar-refractivity contribution in [2.24, 2.45) is 0 Å². The third kappa shape index (κ3) is 4.33. The average Bonchev–Trinajstić information content (AvgIpc) is 3.29. The van der Waals surface area contributed by atoms with Crippen molar-refractivity contribution in [3.8, 4) is 0 Å². The van der Waals surface area contributed by atoms with Crippen molar-refractivity contribution in [3.05, 3.63) is 106 Å². The van der Waals surface area contributed by atoms with Crippen LogP contribution in [-0.4, -0.2) is 41.3 Å². The quantitative estimate of drug-likeness (QED) is 0.292. The van der Waals surface area contributed by atoms with Crippen molar-refractivity contribution in [2.45, 2.75) is 44.2 Å². The first-order valence-electron chi connectivity index (χ1n) is 12.8. The van der Waals surface area contributed by atoms with Crippen molar-refractivity contribution in [1.29, 1.82) is 0 Å². The van der Waals surface area contributed by atoms with Crippen LogP contribution in [0.25, 0.3) is 10.9 Å². The van der Waals surface area contributed by atoms with Gasteiger partial charge in [0.25, 0.3) is 5.91 Å². The van der Waals surface area contributed by atoms with Crippen LogP contribution in [0.4, 0.5) is 0 Å². The highest BCUT2D eigenvalue weighted by atomic mass is 35.5. The molecule has 5 heteroatoms. The van der Waals surface area contributed by atoms with Gasteiger partial charge in [0.15, 0.2) is 0 Å². The number of carbonyl (C=O) groups is 1. The van der Waals surface area contributed by atoms with E-state index in [9.17, 15) is 4.79 Å². The maximum atomic E-state index is 13.8. The Morgan fingerprint density at radius 1 is 1.03 bits per heavy atom. The molecule has 2 atom stereocenters. The summed E-state index contributed by atoms with van der Waals surface area (Å²) >= 11 is 6.11. The molecule has 0 fully saturated rings. The number of para-hydroxylation sites is 1. The van der Waals surface area contributed by atoms with E-state index in [-0.39, 0.29) is 17.5 Å². The molecule has 36 heavy (non-hydrogen) atoms. The fourth-order valence-corrected chi connectivity index (χ4v) is 6.19. The van der Waals surface area contributed by atoms with E-state index in [0.29, 0.717) is 17.1 Å². The second kappa shape index (κ2) is 10.1. The maximum Gasteiger partial charge on any atom is 0.254 e. The maximum absolute atomic E-state index is 13.8. The number of nitrogens with one attached hydrogen (secondary N) is 1. The monoisotopic (exact) mass is 499 g/mol. The highest BCUT2D eigenvalue weighted by molar-refractivity contribution is 6.30. The third-order valence-electron chi connectivity index (χ3n) is 8.09. The molecule has 1 aromatic heterocycles. The first kappa shape index (κ1) is 24.6. The first-order valence-corrected chi connectivity index (χ1v) is 13.2. The van der Waals surface area contributed by atoms with Crippen LogP contribution in [0.5, 0.6) is 0 Å². The minimum Gasteiger partial charge on any atom is -0.356 e. The summed E-state index contributed by atoms with van der Waals surface area (Å²) in [4.78, 5) is 21.9. The molecule has 0 spiro atoms. The average molecular weight is 500 g/mol. The molecule has 2 unspecified atom stereocenters. The molecule has 1 amide bonds. The molecule has 5 rings (SSSR count). The van der Waals surface area contributed by atoms with E-state index in [1.807, 2.05) is 12.1 Å². The van der Waals surface area contributed by atoms with E-state index in [2.05, 4.69) is 90.4 Å². The van der Waals surface area contributed by atoms with Crippen LogP contribution in [0.3, 0.4) is 0 Å². The second-order valence-electron chi connectivity index (χ2n) is 10.0. The lowest BCUT2D eigenvalue weighted by Crippen LogP contribution is -2.44. The van der Waals surface area contributed by atoms with Gasteiger partial charge in [0.2, 0.25) is 0 Å². The number of fused-ring (bicyclic) bond motifs is 3. The van der Waals surface area contributed by atoms with E-state index in [1.165, 1.54) is 22.2 Å². The summed E-state index contributed by atoms with van der Waals surface area (Å²) in [6.45, 7) is 2.96. The van der Waals surface area contributed by atoms with E-state index >= 15 is 0 Å². The number of halogens is 1. The third-order valence-corrected chi connectivity index (χ3v) is 8.35. The number of carbonyl (C=O) groups excluding carboxylic acids is 1. The van der Waals surface area contributed by atoms with Crippen LogP contribution >= 0.6 is 11.6 Å². The van der Waals surface area contributed by atoms with Gasteiger partial charge in [-0.25, -0.2) is 0 Å². The molecule has 186 valence electrons. The number of hydrogen-bond acceptors (Lipinski definition) is 2. The Kier molecular flexibility index (Phi) is 6.92. The molecule has 1 aliphatic rings. The van der Waals surface area contributed by atoms with Crippen LogP contribution < -0.4 is 0 Å². The zero-order chi connectivity index (χ0) is 25.3. The molecular weight excluding hydrogens is 466 g/mol. The molecular formula is C31H34ClN3O. The number of rotatable bonds is 7. The SMILES string of the molecule is CCC(CCC1c2[nH]c3ccccc3c2CCN1C(=O)c1ccc(Cl)cc1)(c1ccccc1)N(C)C. The van der Waals surface area contributed by atoms with E-state index < -0.39 is 0 Å². The lowest BCUT2D eigenvalue weighted by molar-refractivity contribution is 0.0592. The van der Waals surface area contributed by atoms with Gasteiger partial charge < -0.3 is 9.88 Å². The van der Waals surface area contributed by atoms with E-state index in [4.69, 9.17) is 11.6 Å². The zero-order valence-corrected chi connectivity index (χ0v) is 22.1. The summed E-state index contributed by atoms with van der Waals surface area (Å²) in [5.74, 6) is 0.0626. The molecule has 4 nitrogen and oxygen atoms in total. The highest BCUT2D eigenvalue weighted by Crippen LogP contribution is 2.42. The molecule has 1 aliphatic heterocycles. The highest BCUT2D eigenvalue weighted by Gasteiger charge is 2.38.